The van der Waals surface area contributed by atoms with Crippen LogP contribution in [-0.2, 0) is 17.6 Å². The molecule has 1 saturated heterocycles. The summed E-state index contributed by atoms with van der Waals surface area (Å²) in [6, 6.07) is 10.2. The molecule has 1 fully saturated rings. The van der Waals surface area contributed by atoms with E-state index in [0.29, 0.717) is 6.54 Å². The van der Waals surface area contributed by atoms with Crippen molar-refractivity contribution in [1.29, 1.82) is 0 Å². The topological polar surface area (TPSA) is 62.7 Å². The summed E-state index contributed by atoms with van der Waals surface area (Å²) in [5.74, 6) is 0.180. The fourth-order valence-corrected chi connectivity index (χ4v) is 6.05. The van der Waals surface area contributed by atoms with E-state index in [1.165, 1.54) is 16.0 Å². The van der Waals surface area contributed by atoms with E-state index < -0.39 is 5.97 Å². The molecule has 33 heavy (non-hydrogen) atoms. The summed E-state index contributed by atoms with van der Waals surface area (Å²) in [6.07, 6.45) is 7.89. The maximum atomic E-state index is 12.0. The Morgan fingerprint density at radius 1 is 1.24 bits per heavy atom. The minimum atomic E-state index is -0.641. The largest absolute Gasteiger partial charge is 0.497 e. The van der Waals surface area contributed by atoms with Crippen molar-refractivity contribution in [3.63, 3.8) is 0 Å². The number of hydrogen-bond donors (Lipinski definition) is 1. The second kappa shape index (κ2) is 11.1. The van der Waals surface area contributed by atoms with Gasteiger partial charge in [-0.05, 0) is 111 Å². The number of carboxylic acids is 1. The van der Waals surface area contributed by atoms with Gasteiger partial charge in [0.1, 0.15) is 5.75 Å². The van der Waals surface area contributed by atoms with Crippen LogP contribution >= 0.6 is 11.3 Å². The van der Waals surface area contributed by atoms with Gasteiger partial charge in [0.2, 0.25) is 0 Å². The highest BCUT2D eigenvalue weighted by atomic mass is 32.1. The molecule has 0 bridgehead atoms. The number of methoxy groups -OCH3 is 1. The zero-order valence-corrected chi connectivity index (χ0v) is 20.4. The number of aryl methyl sites for hydroxylation is 3. The van der Waals surface area contributed by atoms with Gasteiger partial charge in [0.15, 0.2) is 0 Å². The molecular weight excluding hydrogens is 432 g/mol. The number of aromatic nitrogens is 1. The Bertz CT molecular complexity index is 1080. The van der Waals surface area contributed by atoms with Gasteiger partial charge in [-0.1, -0.05) is 0 Å². The lowest BCUT2D eigenvalue weighted by molar-refractivity contribution is -0.146. The SMILES string of the molecule is COc1ccc2nccc(CCC[C@@H]3CCN(CCCc4sccc4C)C[C@@H]3C(=O)O)c2c1. The number of rotatable bonds is 10. The standard InChI is InChI=1S/C27H34N2O3S/c1-19-12-16-33-26(19)7-4-14-29-15-11-21(24(18-29)27(30)31)6-3-5-20-10-13-28-25-9-8-22(32-2)17-23(20)25/h8-10,12-13,16-17,21,24H,3-7,11,14-15,18H2,1-2H3,(H,30,31)/t21-,24+/m1/s1. The number of likely N-dealkylation sites (tertiary alicyclic amines) is 1. The van der Waals surface area contributed by atoms with E-state index in [2.05, 4.69) is 34.3 Å². The van der Waals surface area contributed by atoms with Crippen LogP contribution in [0.15, 0.2) is 41.9 Å². The molecule has 0 unspecified atom stereocenters. The van der Waals surface area contributed by atoms with Crippen LogP contribution in [0.1, 0.15) is 41.7 Å². The Kier molecular flexibility index (Phi) is 7.99. The lowest BCUT2D eigenvalue weighted by atomic mass is 9.81. The van der Waals surface area contributed by atoms with E-state index in [9.17, 15) is 9.90 Å². The number of piperidine rings is 1. The van der Waals surface area contributed by atoms with Crippen LogP contribution in [0.2, 0.25) is 0 Å². The van der Waals surface area contributed by atoms with Crippen LogP contribution < -0.4 is 4.74 Å². The van der Waals surface area contributed by atoms with Crippen molar-refractivity contribution in [3.05, 3.63) is 57.9 Å². The molecule has 0 radical (unpaired) electrons. The molecule has 1 N–H and O–H groups in total. The fraction of sp³-hybridized carbons (Fsp3) is 0.481. The van der Waals surface area contributed by atoms with Gasteiger partial charge in [-0.15, -0.1) is 11.3 Å². The minimum absolute atomic E-state index is 0.251. The first-order valence-electron chi connectivity index (χ1n) is 11.9. The molecule has 2 aromatic heterocycles. The first-order valence-corrected chi connectivity index (χ1v) is 12.8. The van der Waals surface area contributed by atoms with E-state index in [0.717, 1.165) is 68.3 Å². The summed E-state index contributed by atoms with van der Waals surface area (Å²) in [7, 11) is 1.68. The molecule has 2 atom stereocenters. The summed E-state index contributed by atoms with van der Waals surface area (Å²) in [4.78, 5) is 20.3. The summed E-state index contributed by atoms with van der Waals surface area (Å²) in [6.45, 7) is 4.84. The first-order chi connectivity index (χ1) is 16.0. The smallest absolute Gasteiger partial charge is 0.308 e. The second-order valence-corrected chi connectivity index (χ2v) is 10.2. The molecule has 176 valence electrons. The third kappa shape index (κ3) is 5.92. The van der Waals surface area contributed by atoms with Gasteiger partial charge in [0.05, 0.1) is 18.5 Å². The van der Waals surface area contributed by atoms with E-state index in [-0.39, 0.29) is 11.8 Å². The first kappa shape index (κ1) is 23.7. The maximum Gasteiger partial charge on any atom is 0.308 e. The van der Waals surface area contributed by atoms with Gasteiger partial charge < -0.3 is 14.7 Å². The van der Waals surface area contributed by atoms with Gasteiger partial charge in [-0.3, -0.25) is 9.78 Å². The van der Waals surface area contributed by atoms with Crippen LogP contribution in [0.5, 0.6) is 5.75 Å². The van der Waals surface area contributed by atoms with E-state index in [4.69, 9.17) is 4.74 Å². The van der Waals surface area contributed by atoms with Crippen molar-refractivity contribution >= 4 is 28.2 Å². The van der Waals surface area contributed by atoms with Crippen LogP contribution in [0, 0.1) is 18.8 Å². The van der Waals surface area contributed by atoms with Gasteiger partial charge >= 0.3 is 5.97 Å². The Hall–Kier alpha value is -2.44. The summed E-state index contributed by atoms with van der Waals surface area (Å²) in [5, 5.41) is 13.2. The summed E-state index contributed by atoms with van der Waals surface area (Å²) >= 11 is 1.83. The third-order valence-corrected chi connectivity index (χ3v) is 8.15. The predicted molar refractivity (Wildman–Crippen MR) is 134 cm³/mol. The molecule has 3 aromatic rings. The predicted octanol–water partition coefficient (Wildman–Crippen LogP) is 5.59. The molecule has 3 heterocycles. The lowest BCUT2D eigenvalue weighted by Crippen LogP contribution is -2.44. The van der Waals surface area contributed by atoms with E-state index in [1.807, 2.05) is 35.7 Å². The molecular formula is C27H34N2O3S. The number of benzene rings is 1. The number of aliphatic carboxylic acids is 1. The zero-order valence-electron chi connectivity index (χ0n) is 19.6. The highest BCUT2D eigenvalue weighted by Gasteiger charge is 2.33. The number of carbonyl (C=O) groups is 1. The molecule has 4 rings (SSSR count). The molecule has 1 aliphatic heterocycles. The van der Waals surface area contributed by atoms with Crippen molar-refractivity contribution in [2.45, 2.75) is 45.4 Å². The molecule has 1 aliphatic rings. The average Bonchev–Trinajstić information content (AvgIpc) is 3.24. The lowest BCUT2D eigenvalue weighted by Gasteiger charge is -2.36. The van der Waals surface area contributed by atoms with Crippen molar-refractivity contribution < 1.29 is 14.6 Å². The number of carboxylic acid groups (broad SMARTS) is 1. The number of pyridine rings is 1. The van der Waals surface area contributed by atoms with Crippen LogP contribution in [-0.4, -0.2) is 47.7 Å². The van der Waals surface area contributed by atoms with Crippen LogP contribution in [0.3, 0.4) is 0 Å². The van der Waals surface area contributed by atoms with Gasteiger partial charge in [0.25, 0.3) is 0 Å². The van der Waals surface area contributed by atoms with Crippen LogP contribution in [0.25, 0.3) is 10.9 Å². The highest BCUT2D eigenvalue weighted by Crippen LogP contribution is 2.30. The maximum absolute atomic E-state index is 12.0. The minimum Gasteiger partial charge on any atom is -0.497 e. The van der Waals surface area contributed by atoms with E-state index in [1.54, 1.807) is 7.11 Å². The average molecular weight is 467 g/mol. The number of hydrogen-bond acceptors (Lipinski definition) is 5. The van der Waals surface area contributed by atoms with Gasteiger partial charge in [-0.25, -0.2) is 0 Å². The Labute approximate surface area is 200 Å². The quantitative estimate of drug-likeness (QED) is 0.422. The number of ether oxygens (including phenoxy) is 1. The Morgan fingerprint density at radius 3 is 2.88 bits per heavy atom. The molecule has 5 nitrogen and oxygen atoms in total. The van der Waals surface area contributed by atoms with Crippen molar-refractivity contribution in [2.75, 3.05) is 26.7 Å². The zero-order chi connectivity index (χ0) is 23.2. The monoisotopic (exact) mass is 466 g/mol. The molecule has 0 spiro atoms. The van der Waals surface area contributed by atoms with Gasteiger partial charge in [0, 0.05) is 23.0 Å². The Morgan fingerprint density at radius 2 is 2.12 bits per heavy atom. The van der Waals surface area contributed by atoms with Crippen LogP contribution in [0.4, 0.5) is 0 Å². The van der Waals surface area contributed by atoms with Crippen molar-refractivity contribution in [3.8, 4) is 5.75 Å². The number of fused-ring (bicyclic) bond motifs is 1. The molecule has 0 amide bonds. The van der Waals surface area contributed by atoms with Crippen molar-refractivity contribution in [1.82, 2.24) is 9.88 Å². The second-order valence-electron chi connectivity index (χ2n) is 9.17. The molecule has 0 saturated carbocycles. The van der Waals surface area contributed by atoms with Gasteiger partial charge in [-0.2, -0.15) is 0 Å². The molecule has 1 aromatic carbocycles. The summed E-state index contributed by atoms with van der Waals surface area (Å²) in [5.41, 5.74) is 3.61. The molecule has 0 aliphatic carbocycles. The third-order valence-electron chi connectivity index (χ3n) is 7.06. The molecule has 6 heteroatoms. The highest BCUT2D eigenvalue weighted by molar-refractivity contribution is 7.10. The number of thiophene rings is 1. The summed E-state index contributed by atoms with van der Waals surface area (Å²) < 4.78 is 5.38. The fourth-order valence-electron chi connectivity index (χ4n) is 5.10. The number of nitrogens with zero attached hydrogens (tertiary/aromatic N) is 2. The normalized spacial score (nSPS) is 19.1. The van der Waals surface area contributed by atoms with Crippen molar-refractivity contribution in [2.24, 2.45) is 11.8 Å². The Balaban J connectivity index is 1.30. The van der Waals surface area contributed by atoms with E-state index >= 15 is 0 Å².